The topological polar surface area (TPSA) is 49.3 Å². The summed E-state index contributed by atoms with van der Waals surface area (Å²) in [6.45, 7) is 6.54. The average molecular weight is 167 g/mol. The van der Waals surface area contributed by atoms with E-state index in [1.807, 2.05) is 0 Å². The number of nitrogens with one attached hydrogen (secondary N) is 1. The Morgan fingerprint density at radius 2 is 2.17 bits per heavy atom. The molecular weight excluding hydrogens is 154 g/mol. The number of allylic oxidation sites excluding steroid dienone is 3. The molecule has 0 saturated heterocycles. The highest BCUT2D eigenvalue weighted by molar-refractivity contribution is 5.75. The third-order valence-corrected chi connectivity index (χ3v) is 1.11. The van der Waals surface area contributed by atoms with Crippen LogP contribution >= 0.6 is 0 Å². The van der Waals surface area contributed by atoms with E-state index in [1.54, 1.807) is 19.1 Å². The standard InChI is InChI=1S/C9H13NO2/c1-4-6-8(9(12)5-2)10-7(3)11/h4-6,12H,2H2,1,3H3,(H,10,11)/b6-4-,9-8-. The number of aliphatic hydroxyl groups excluding tert-OH is 1. The van der Waals surface area contributed by atoms with Crippen LogP contribution in [0.3, 0.4) is 0 Å². The molecule has 0 bridgehead atoms. The van der Waals surface area contributed by atoms with Crippen LogP contribution < -0.4 is 5.32 Å². The summed E-state index contributed by atoms with van der Waals surface area (Å²) in [6, 6.07) is 0. The minimum Gasteiger partial charge on any atom is -0.506 e. The minimum atomic E-state index is -0.225. The fraction of sp³-hybridized carbons (Fsp3) is 0.222. The maximum Gasteiger partial charge on any atom is 0.221 e. The lowest BCUT2D eigenvalue weighted by Gasteiger charge is -2.03. The van der Waals surface area contributed by atoms with Crippen molar-refractivity contribution in [3.63, 3.8) is 0 Å². The molecule has 66 valence electrons. The molecule has 0 aromatic rings. The maximum absolute atomic E-state index is 10.6. The highest BCUT2D eigenvalue weighted by Crippen LogP contribution is 2.00. The summed E-state index contributed by atoms with van der Waals surface area (Å²) in [4.78, 5) is 10.6. The molecule has 0 aliphatic carbocycles. The number of amides is 1. The molecule has 1 amide bonds. The Balaban J connectivity index is 4.65. The van der Waals surface area contributed by atoms with Crippen molar-refractivity contribution in [2.24, 2.45) is 0 Å². The average Bonchev–Trinajstić information content (AvgIpc) is 2.01. The van der Waals surface area contributed by atoms with Crippen LogP contribution in [-0.4, -0.2) is 11.0 Å². The van der Waals surface area contributed by atoms with E-state index < -0.39 is 0 Å². The van der Waals surface area contributed by atoms with E-state index in [2.05, 4.69) is 11.9 Å². The van der Waals surface area contributed by atoms with Crippen LogP contribution in [0.4, 0.5) is 0 Å². The Morgan fingerprint density at radius 3 is 2.50 bits per heavy atom. The number of carbonyl (C=O) groups excluding carboxylic acids is 1. The fourth-order valence-corrected chi connectivity index (χ4v) is 0.657. The molecule has 0 spiro atoms. The van der Waals surface area contributed by atoms with Crippen LogP contribution in [0.15, 0.2) is 36.3 Å². The van der Waals surface area contributed by atoms with E-state index in [9.17, 15) is 9.90 Å². The Morgan fingerprint density at radius 1 is 1.58 bits per heavy atom. The molecule has 12 heavy (non-hydrogen) atoms. The molecule has 3 heteroatoms. The van der Waals surface area contributed by atoms with Crippen LogP contribution in [0.5, 0.6) is 0 Å². The Hall–Kier alpha value is -1.51. The molecule has 0 heterocycles. The van der Waals surface area contributed by atoms with Gasteiger partial charge in [0.15, 0.2) is 0 Å². The molecule has 0 unspecified atom stereocenters. The van der Waals surface area contributed by atoms with Gasteiger partial charge in [0.2, 0.25) is 5.91 Å². The van der Waals surface area contributed by atoms with E-state index in [0.29, 0.717) is 5.70 Å². The van der Waals surface area contributed by atoms with E-state index >= 15 is 0 Å². The van der Waals surface area contributed by atoms with Gasteiger partial charge in [-0.1, -0.05) is 12.7 Å². The summed E-state index contributed by atoms with van der Waals surface area (Å²) in [5.41, 5.74) is 0.361. The van der Waals surface area contributed by atoms with Gasteiger partial charge in [-0.2, -0.15) is 0 Å². The van der Waals surface area contributed by atoms with E-state index in [0.717, 1.165) is 0 Å². The zero-order valence-corrected chi connectivity index (χ0v) is 7.29. The zero-order chi connectivity index (χ0) is 9.56. The number of carbonyl (C=O) groups is 1. The van der Waals surface area contributed by atoms with Gasteiger partial charge in [-0.05, 0) is 19.1 Å². The number of aliphatic hydroxyl groups is 1. The summed E-state index contributed by atoms with van der Waals surface area (Å²) in [7, 11) is 0. The van der Waals surface area contributed by atoms with Gasteiger partial charge in [0, 0.05) is 6.92 Å². The van der Waals surface area contributed by atoms with Crippen molar-refractivity contribution >= 4 is 5.91 Å². The Kier molecular flexibility index (Phi) is 4.53. The van der Waals surface area contributed by atoms with Crippen LogP contribution in [0, 0.1) is 0 Å². The summed E-state index contributed by atoms with van der Waals surface area (Å²) >= 11 is 0. The molecule has 0 aliphatic rings. The first-order valence-electron chi connectivity index (χ1n) is 3.57. The molecule has 3 nitrogen and oxygen atoms in total. The van der Waals surface area contributed by atoms with Crippen molar-refractivity contribution in [3.05, 3.63) is 36.3 Å². The lowest BCUT2D eigenvalue weighted by molar-refractivity contribution is -0.118. The molecule has 0 aromatic heterocycles. The third kappa shape index (κ3) is 3.61. The molecule has 0 fully saturated rings. The highest BCUT2D eigenvalue weighted by Gasteiger charge is 1.99. The van der Waals surface area contributed by atoms with Gasteiger partial charge < -0.3 is 10.4 Å². The van der Waals surface area contributed by atoms with Gasteiger partial charge in [0.05, 0.1) is 5.70 Å². The summed E-state index contributed by atoms with van der Waals surface area (Å²) in [5, 5.41) is 11.7. The zero-order valence-electron chi connectivity index (χ0n) is 7.29. The fourth-order valence-electron chi connectivity index (χ4n) is 0.657. The van der Waals surface area contributed by atoms with Crippen molar-refractivity contribution in [2.45, 2.75) is 13.8 Å². The lowest BCUT2D eigenvalue weighted by atomic mass is 10.3. The minimum absolute atomic E-state index is 0.0386. The maximum atomic E-state index is 10.6. The van der Waals surface area contributed by atoms with Crippen LogP contribution in [-0.2, 0) is 4.79 Å². The second-order valence-electron chi connectivity index (χ2n) is 2.18. The van der Waals surface area contributed by atoms with Crippen LogP contribution in [0.25, 0.3) is 0 Å². The molecule has 0 atom stereocenters. The largest absolute Gasteiger partial charge is 0.506 e. The molecule has 2 N–H and O–H groups in total. The summed E-state index contributed by atoms with van der Waals surface area (Å²) in [5.74, 6) is -0.264. The quantitative estimate of drug-likeness (QED) is 0.496. The lowest BCUT2D eigenvalue weighted by Crippen LogP contribution is -2.19. The Labute approximate surface area is 72.1 Å². The van der Waals surface area contributed by atoms with Crippen molar-refractivity contribution in [3.8, 4) is 0 Å². The second-order valence-corrected chi connectivity index (χ2v) is 2.18. The predicted molar refractivity (Wildman–Crippen MR) is 48.5 cm³/mol. The van der Waals surface area contributed by atoms with E-state index in [4.69, 9.17) is 0 Å². The molecular formula is C9H13NO2. The monoisotopic (exact) mass is 167 g/mol. The van der Waals surface area contributed by atoms with Crippen LogP contribution in [0.2, 0.25) is 0 Å². The van der Waals surface area contributed by atoms with Crippen molar-refractivity contribution in [1.82, 2.24) is 5.32 Å². The SMILES string of the molecule is C=C/C(O)=C(\C=C/C)NC(C)=O. The van der Waals surface area contributed by atoms with Crippen molar-refractivity contribution in [1.29, 1.82) is 0 Å². The van der Waals surface area contributed by atoms with Gasteiger partial charge in [-0.25, -0.2) is 0 Å². The van der Waals surface area contributed by atoms with E-state index in [-0.39, 0.29) is 11.7 Å². The Bertz CT molecular complexity index is 239. The van der Waals surface area contributed by atoms with Gasteiger partial charge in [-0.15, -0.1) is 0 Å². The van der Waals surface area contributed by atoms with Gasteiger partial charge in [-0.3, -0.25) is 4.79 Å². The number of hydrogen-bond acceptors (Lipinski definition) is 2. The van der Waals surface area contributed by atoms with Gasteiger partial charge in [0.25, 0.3) is 0 Å². The summed E-state index contributed by atoms with van der Waals surface area (Å²) < 4.78 is 0. The first kappa shape index (κ1) is 10.5. The molecule has 0 radical (unpaired) electrons. The van der Waals surface area contributed by atoms with Crippen molar-refractivity contribution in [2.75, 3.05) is 0 Å². The van der Waals surface area contributed by atoms with Gasteiger partial charge in [0.1, 0.15) is 5.76 Å². The normalized spacial score (nSPS) is 12.5. The molecule has 0 aromatic carbocycles. The predicted octanol–water partition coefficient (Wildman–Crippen LogP) is 1.65. The third-order valence-electron chi connectivity index (χ3n) is 1.11. The van der Waals surface area contributed by atoms with E-state index in [1.165, 1.54) is 13.0 Å². The number of rotatable bonds is 3. The summed E-state index contributed by atoms with van der Waals surface area (Å²) in [6.07, 6.45) is 4.58. The molecule has 0 saturated carbocycles. The first-order chi connectivity index (χ1) is 5.61. The molecule has 0 rings (SSSR count). The second kappa shape index (κ2) is 5.18. The van der Waals surface area contributed by atoms with Gasteiger partial charge >= 0.3 is 0 Å². The molecule has 0 aliphatic heterocycles. The smallest absolute Gasteiger partial charge is 0.221 e. The highest BCUT2D eigenvalue weighted by atomic mass is 16.3. The van der Waals surface area contributed by atoms with Crippen LogP contribution in [0.1, 0.15) is 13.8 Å². The first-order valence-corrected chi connectivity index (χ1v) is 3.57. The number of hydrogen-bond donors (Lipinski definition) is 2. The van der Waals surface area contributed by atoms with Crippen molar-refractivity contribution < 1.29 is 9.90 Å².